The van der Waals surface area contributed by atoms with Gasteiger partial charge in [-0.05, 0) is 5.56 Å². The van der Waals surface area contributed by atoms with Crippen LogP contribution in [0.1, 0.15) is 12.5 Å². The van der Waals surface area contributed by atoms with Crippen LogP contribution in [0.5, 0.6) is 0 Å². The Balaban J connectivity index is 1.99. The molecule has 1 fully saturated rings. The SMILES string of the molecule is CC(=O)N1CC(Cc2ccccc2)OC1=O. The van der Waals surface area contributed by atoms with Crippen molar-refractivity contribution >= 4 is 12.0 Å². The largest absolute Gasteiger partial charge is 0.444 e. The molecule has 16 heavy (non-hydrogen) atoms. The van der Waals surface area contributed by atoms with Gasteiger partial charge in [0.05, 0.1) is 6.54 Å². The third-order valence-electron chi connectivity index (χ3n) is 2.56. The maximum Gasteiger partial charge on any atom is 0.416 e. The van der Waals surface area contributed by atoms with Crippen LogP contribution in [0, 0.1) is 0 Å². The van der Waals surface area contributed by atoms with E-state index in [0.717, 1.165) is 10.5 Å². The smallest absolute Gasteiger partial charge is 0.416 e. The highest BCUT2D eigenvalue weighted by Crippen LogP contribution is 2.15. The first kappa shape index (κ1) is 10.7. The Morgan fingerprint density at radius 2 is 2.12 bits per heavy atom. The zero-order chi connectivity index (χ0) is 11.5. The summed E-state index contributed by atoms with van der Waals surface area (Å²) in [4.78, 5) is 23.5. The summed E-state index contributed by atoms with van der Waals surface area (Å²) >= 11 is 0. The summed E-state index contributed by atoms with van der Waals surface area (Å²) in [5.41, 5.74) is 1.10. The minimum Gasteiger partial charge on any atom is -0.444 e. The fraction of sp³-hybridized carbons (Fsp3) is 0.333. The number of carbonyl (C=O) groups is 2. The van der Waals surface area contributed by atoms with Gasteiger partial charge >= 0.3 is 6.09 Å². The summed E-state index contributed by atoms with van der Waals surface area (Å²) in [7, 11) is 0. The minimum absolute atomic E-state index is 0.223. The van der Waals surface area contributed by atoms with Crippen LogP contribution in [-0.2, 0) is 16.0 Å². The van der Waals surface area contributed by atoms with Crippen LogP contribution in [0.3, 0.4) is 0 Å². The van der Waals surface area contributed by atoms with Gasteiger partial charge in [-0.25, -0.2) is 9.69 Å². The van der Waals surface area contributed by atoms with Crippen molar-refractivity contribution in [3.8, 4) is 0 Å². The molecule has 0 saturated carbocycles. The number of benzene rings is 1. The highest BCUT2D eigenvalue weighted by Gasteiger charge is 2.33. The molecule has 1 atom stereocenters. The lowest BCUT2D eigenvalue weighted by molar-refractivity contribution is -0.125. The number of hydrogen-bond acceptors (Lipinski definition) is 3. The molecule has 4 nitrogen and oxygen atoms in total. The van der Waals surface area contributed by atoms with E-state index in [-0.39, 0.29) is 12.0 Å². The van der Waals surface area contributed by atoms with Gasteiger partial charge < -0.3 is 4.74 Å². The van der Waals surface area contributed by atoms with Gasteiger partial charge in [-0.15, -0.1) is 0 Å². The Labute approximate surface area is 93.8 Å². The predicted octanol–water partition coefficient (Wildman–Crippen LogP) is 1.60. The molecule has 2 amide bonds. The number of hydrogen-bond donors (Lipinski definition) is 0. The monoisotopic (exact) mass is 219 g/mol. The van der Waals surface area contributed by atoms with E-state index in [0.29, 0.717) is 13.0 Å². The Hall–Kier alpha value is -1.84. The van der Waals surface area contributed by atoms with Crippen LogP contribution < -0.4 is 0 Å². The maximum atomic E-state index is 11.3. The average Bonchev–Trinajstić information content (AvgIpc) is 2.61. The molecule has 0 aliphatic carbocycles. The van der Waals surface area contributed by atoms with E-state index in [1.54, 1.807) is 0 Å². The highest BCUT2D eigenvalue weighted by molar-refractivity contribution is 5.91. The van der Waals surface area contributed by atoms with Crippen molar-refractivity contribution in [3.05, 3.63) is 35.9 Å². The molecule has 1 aromatic rings. The van der Waals surface area contributed by atoms with Crippen molar-refractivity contribution in [2.24, 2.45) is 0 Å². The Bertz CT molecular complexity index is 402. The lowest BCUT2D eigenvalue weighted by atomic mass is 10.1. The van der Waals surface area contributed by atoms with Crippen LogP contribution in [0.15, 0.2) is 30.3 Å². The molecule has 0 aromatic heterocycles. The number of rotatable bonds is 2. The van der Waals surface area contributed by atoms with E-state index >= 15 is 0 Å². The molecule has 1 aliphatic rings. The molecule has 0 bridgehead atoms. The zero-order valence-electron chi connectivity index (χ0n) is 9.05. The van der Waals surface area contributed by atoms with Crippen LogP contribution in [0.4, 0.5) is 4.79 Å². The first-order chi connectivity index (χ1) is 7.66. The number of cyclic esters (lactones) is 1. The van der Waals surface area contributed by atoms with E-state index < -0.39 is 6.09 Å². The molecule has 1 aromatic carbocycles. The van der Waals surface area contributed by atoms with Crippen molar-refractivity contribution < 1.29 is 14.3 Å². The van der Waals surface area contributed by atoms with Crippen molar-refractivity contribution in [3.63, 3.8) is 0 Å². The van der Waals surface area contributed by atoms with Crippen molar-refractivity contribution in [1.29, 1.82) is 0 Å². The van der Waals surface area contributed by atoms with E-state index in [1.807, 2.05) is 30.3 Å². The highest BCUT2D eigenvalue weighted by atomic mass is 16.6. The van der Waals surface area contributed by atoms with Gasteiger partial charge in [0.1, 0.15) is 6.10 Å². The van der Waals surface area contributed by atoms with Crippen LogP contribution in [0.25, 0.3) is 0 Å². The molecule has 0 radical (unpaired) electrons. The first-order valence-electron chi connectivity index (χ1n) is 5.19. The molecular formula is C12H13NO3. The molecule has 0 N–H and O–H groups in total. The molecular weight excluding hydrogens is 206 g/mol. The number of imide groups is 1. The molecule has 0 spiro atoms. The topological polar surface area (TPSA) is 46.6 Å². The summed E-state index contributed by atoms with van der Waals surface area (Å²) in [6, 6.07) is 9.77. The second-order valence-corrected chi connectivity index (χ2v) is 3.83. The van der Waals surface area contributed by atoms with Gasteiger partial charge in [0.2, 0.25) is 5.91 Å². The van der Waals surface area contributed by atoms with Crippen molar-refractivity contribution in [2.75, 3.05) is 6.54 Å². The predicted molar refractivity (Wildman–Crippen MR) is 57.8 cm³/mol. The molecule has 2 rings (SSSR count). The van der Waals surface area contributed by atoms with Gasteiger partial charge in [-0.3, -0.25) is 4.79 Å². The Morgan fingerprint density at radius 1 is 1.44 bits per heavy atom. The summed E-state index contributed by atoms with van der Waals surface area (Å²) in [6.07, 6.45) is -0.108. The van der Waals surface area contributed by atoms with E-state index in [1.165, 1.54) is 6.92 Å². The molecule has 1 unspecified atom stereocenters. The fourth-order valence-corrected chi connectivity index (χ4v) is 1.76. The van der Waals surface area contributed by atoms with E-state index in [9.17, 15) is 9.59 Å². The summed E-state index contributed by atoms with van der Waals surface area (Å²) in [5.74, 6) is -0.263. The lowest BCUT2D eigenvalue weighted by Crippen LogP contribution is -2.30. The molecule has 1 saturated heterocycles. The number of nitrogens with zero attached hydrogens (tertiary/aromatic N) is 1. The minimum atomic E-state index is -0.534. The zero-order valence-corrected chi connectivity index (χ0v) is 9.05. The van der Waals surface area contributed by atoms with Crippen LogP contribution in [0.2, 0.25) is 0 Å². The fourth-order valence-electron chi connectivity index (χ4n) is 1.76. The normalized spacial score (nSPS) is 19.7. The van der Waals surface area contributed by atoms with Gasteiger partial charge in [0.15, 0.2) is 0 Å². The van der Waals surface area contributed by atoms with Gasteiger partial charge in [0.25, 0.3) is 0 Å². The molecule has 1 heterocycles. The number of carbonyl (C=O) groups excluding carboxylic acids is 2. The second-order valence-electron chi connectivity index (χ2n) is 3.83. The number of ether oxygens (including phenoxy) is 1. The lowest BCUT2D eigenvalue weighted by Gasteiger charge is -2.08. The molecule has 1 aliphatic heterocycles. The Kier molecular flexibility index (Phi) is 2.90. The van der Waals surface area contributed by atoms with E-state index in [2.05, 4.69) is 0 Å². The second kappa shape index (κ2) is 4.35. The molecule has 84 valence electrons. The summed E-state index contributed by atoms with van der Waals surface area (Å²) in [6.45, 7) is 1.72. The summed E-state index contributed by atoms with van der Waals surface area (Å²) in [5, 5.41) is 0. The van der Waals surface area contributed by atoms with Crippen LogP contribution >= 0.6 is 0 Å². The summed E-state index contributed by atoms with van der Waals surface area (Å²) < 4.78 is 5.11. The van der Waals surface area contributed by atoms with Gasteiger partial charge in [0, 0.05) is 13.3 Å². The van der Waals surface area contributed by atoms with E-state index in [4.69, 9.17) is 4.74 Å². The van der Waals surface area contributed by atoms with Crippen molar-refractivity contribution in [1.82, 2.24) is 4.90 Å². The quantitative estimate of drug-likeness (QED) is 0.759. The third kappa shape index (κ3) is 2.21. The standard InChI is InChI=1S/C12H13NO3/c1-9(14)13-8-11(16-12(13)15)7-10-5-3-2-4-6-10/h2-6,11H,7-8H2,1H3. The third-order valence-corrected chi connectivity index (χ3v) is 2.56. The molecule has 4 heteroatoms. The average molecular weight is 219 g/mol. The van der Waals surface area contributed by atoms with Gasteiger partial charge in [-0.2, -0.15) is 0 Å². The Morgan fingerprint density at radius 3 is 2.69 bits per heavy atom. The van der Waals surface area contributed by atoms with Crippen molar-refractivity contribution in [2.45, 2.75) is 19.4 Å². The number of amides is 2. The van der Waals surface area contributed by atoms with Gasteiger partial charge in [-0.1, -0.05) is 30.3 Å². The first-order valence-corrected chi connectivity index (χ1v) is 5.19. The maximum absolute atomic E-state index is 11.3. The van der Waals surface area contributed by atoms with Crippen LogP contribution in [-0.4, -0.2) is 29.5 Å².